The SMILES string of the molecule is Cc1nn(-c2cc(Oc3ccc4c5cc(C(C)C)ccc5n(-c5cc(C(C)(C)C)ccn5)c4c3)cc(C(C)C)c2)c(C(C)C)c1-c1ccccc1. The van der Waals surface area contributed by atoms with Crippen molar-refractivity contribution in [3.05, 3.63) is 131 Å². The van der Waals surface area contributed by atoms with Gasteiger partial charge in [0.2, 0.25) is 0 Å². The molecule has 0 aliphatic carbocycles. The maximum atomic E-state index is 6.81. The van der Waals surface area contributed by atoms with Crippen molar-refractivity contribution in [2.45, 2.75) is 92.4 Å². The Balaban J connectivity index is 1.38. The van der Waals surface area contributed by atoms with Crippen LogP contribution in [-0.2, 0) is 5.41 Å². The van der Waals surface area contributed by atoms with E-state index in [1.807, 2.05) is 6.20 Å². The van der Waals surface area contributed by atoms with Gasteiger partial charge in [0.25, 0.3) is 0 Å². The third kappa shape index (κ3) is 6.46. The fourth-order valence-corrected chi connectivity index (χ4v) is 7.19. The Labute approximate surface area is 302 Å². The lowest BCUT2D eigenvalue weighted by atomic mass is 9.88. The van der Waals surface area contributed by atoms with Crippen LogP contribution in [0.15, 0.2) is 103 Å². The second kappa shape index (κ2) is 13.2. The molecule has 3 heterocycles. The second-order valence-electron chi connectivity index (χ2n) is 15.9. The molecule has 260 valence electrons. The van der Waals surface area contributed by atoms with E-state index in [1.165, 1.54) is 44.3 Å². The first-order chi connectivity index (χ1) is 24.3. The van der Waals surface area contributed by atoms with Gasteiger partial charge in [-0.05, 0) is 101 Å². The minimum Gasteiger partial charge on any atom is -0.457 e. The molecular weight excluding hydrogens is 625 g/mol. The highest BCUT2D eigenvalue weighted by molar-refractivity contribution is 6.09. The normalized spacial score (nSPS) is 12.3. The number of ether oxygens (including phenoxy) is 1. The summed E-state index contributed by atoms with van der Waals surface area (Å²) in [5, 5.41) is 7.54. The van der Waals surface area contributed by atoms with Crippen LogP contribution < -0.4 is 4.74 Å². The lowest BCUT2D eigenvalue weighted by Crippen LogP contribution is -2.12. The van der Waals surface area contributed by atoms with Crippen molar-refractivity contribution >= 4 is 21.8 Å². The summed E-state index contributed by atoms with van der Waals surface area (Å²) in [5.41, 5.74) is 11.6. The van der Waals surface area contributed by atoms with Gasteiger partial charge in [-0.2, -0.15) is 5.10 Å². The molecule has 0 aliphatic rings. The molecule has 0 spiro atoms. The highest BCUT2D eigenvalue weighted by Gasteiger charge is 2.23. The molecule has 0 amide bonds. The molecule has 0 bridgehead atoms. The standard InChI is InChI=1S/C46H50N4O/c1-28(2)33-16-19-41-40(24-33)39-18-17-37(27-42(39)49(41)43-25-35(20-21-47-43)46(8,9)10)51-38-23-34(29(3)4)22-36(26-38)50-45(30(5)6)44(31(7)48-50)32-14-12-11-13-15-32/h11-30H,1-10H3. The first-order valence-corrected chi connectivity index (χ1v) is 18.3. The van der Waals surface area contributed by atoms with Crippen LogP contribution in [0, 0.1) is 6.92 Å². The van der Waals surface area contributed by atoms with E-state index in [1.54, 1.807) is 0 Å². The Morgan fingerprint density at radius 1 is 0.647 bits per heavy atom. The molecule has 5 nitrogen and oxygen atoms in total. The van der Waals surface area contributed by atoms with Crippen LogP contribution in [0.25, 0.3) is 44.4 Å². The van der Waals surface area contributed by atoms with E-state index in [4.69, 9.17) is 14.8 Å². The van der Waals surface area contributed by atoms with E-state index in [0.717, 1.165) is 39.7 Å². The Bertz CT molecular complexity index is 2370. The third-order valence-electron chi connectivity index (χ3n) is 10.0. The topological polar surface area (TPSA) is 44.9 Å². The zero-order valence-corrected chi connectivity index (χ0v) is 31.7. The quantitative estimate of drug-likeness (QED) is 0.161. The van der Waals surface area contributed by atoms with Crippen LogP contribution >= 0.6 is 0 Å². The molecule has 4 aromatic carbocycles. The van der Waals surface area contributed by atoms with Crippen LogP contribution in [0.2, 0.25) is 0 Å². The smallest absolute Gasteiger partial charge is 0.137 e. The van der Waals surface area contributed by atoms with E-state index in [9.17, 15) is 0 Å². The summed E-state index contributed by atoms with van der Waals surface area (Å²) in [6.07, 6.45) is 1.93. The summed E-state index contributed by atoms with van der Waals surface area (Å²) in [5.74, 6) is 3.47. The highest BCUT2D eigenvalue weighted by atomic mass is 16.5. The largest absolute Gasteiger partial charge is 0.457 e. The molecule has 7 rings (SSSR count). The molecule has 51 heavy (non-hydrogen) atoms. The average molecular weight is 675 g/mol. The van der Waals surface area contributed by atoms with Gasteiger partial charge in [0.05, 0.1) is 28.1 Å². The molecule has 0 aliphatic heterocycles. The lowest BCUT2D eigenvalue weighted by Gasteiger charge is -2.20. The van der Waals surface area contributed by atoms with Crippen LogP contribution in [0.1, 0.15) is 108 Å². The van der Waals surface area contributed by atoms with Crippen molar-refractivity contribution in [3.63, 3.8) is 0 Å². The molecule has 0 saturated heterocycles. The molecule has 0 N–H and O–H groups in total. The number of aryl methyl sites for hydroxylation is 1. The van der Waals surface area contributed by atoms with Gasteiger partial charge < -0.3 is 4.74 Å². The van der Waals surface area contributed by atoms with Crippen molar-refractivity contribution in [3.8, 4) is 34.1 Å². The van der Waals surface area contributed by atoms with E-state index < -0.39 is 0 Å². The van der Waals surface area contributed by atoms with Gasteiger partial charge in [0, 0.05) is 34.7 Å². The van der Waals surface area contributed by atoms with Crippen molar-refractivity contribution in [2.75, 3.05) is 0 Å². The van der Waals surface area contributed by atoms with Crippen LogP contribution in [-0.4, -0.2) is 19.3 Å². The number of aromatic nitrogens is 4. The maximum Gasteiger partial charge on any atom is 0.137 e. The number of pyridine rings is 1. The first kappa shape index (κ1) is 34.3. The van der Waals surface area contributed by atoms with E-state index in [2.05, 4.69) is 176 Å². The predicted octanol–water partition coefficient (Wildman–Crippen LogP) is 12.8. The molecule has 7 aromatic rings. The predicted molar refractivity (Wildman–Crippen MR) is 213 cm³/mol. The summed E-state index contributed by atoms with van der Waals surface area (Å²) in [6, 6.07) is 34.8. The van der Waals surface area contributed by atoms with E-state index in [0.29, 0.717) is 11.8 Å². The number of hydrogen-bond acceptors (Lipinski definition) is 3. The van der Waals surface area contributed by atoms with Gasteiger partial charge in [-0.1, -0.05) is 98.7 Å². The molecule has 0 saturated carbocycles. The van der Waals surface area contributed by atoms with E-state index >= 15 is 0 Å². The van der Waals surface area contributed by atoms with Crippen molar-refractivity contribution < 1.29 is 4.74 Å². The number of fused-ring (bicyclic) bond motifs is 3. The summed E-state index contributed by atoms with van der Waals surface area (Å²) in [4.78, 5) is 4.91. The fourth-order valence-electron chi connectivity index (χ4n) is 7.19. The first-order valence-electron chi connectivity index (χ1n) is 18.3. The minimum absolute atomic E-state index is 0.000910. The molecule has 0 fully saturated rings. The van der Waals surface area contributed by atoms with Crippen molar-refractivity contribution in [2.24, 2.45) is 0 Å². The summed E-state index contributed by atoms with van der Waals surface area (Å²) in [7, 11) is 0. The van der Waals surface area contributed by atoms with Crippen LogP contribution in [0.4, 0.5) is 0 Å². The third-order valence-corrected chi connectivity index (χ3v) is 10.0. The number of benzene rings is 4. The van der Waals surface area contributed by atoms with Crippen molar-refractivity contribution in [1.82, 2.24) is 19.3 Å². The minimum atomic E-state index is -0.000910. The van der Waals surface area contributed by atoms with Gasteiger partial charge in [-0.3, -0.25) is 4.57 Å². The van der Waals surface area contributed by atoms with E-state index in [-0.39, 0.29) is 11.3 Å². The van der Waals surface area contributed by atoms with Crippen LogP contribution in [0.3, 0.4) is 0 Å². The van der Waals surface area contributed by atoms with Gasteiger partial charge in [-0.15, -0.1) is 0 Å². The molecule has 3 aromatic heterocycles. The summed E-state index contributed by atoms with van der Waals surface area (Å²) in [6.45, 7) is 22.3. The van der Waals surface area contributed by atoms with Gasteiger partial charge in [0.15, 0.2) is 0 Å². The van der Waals surface area contributed by atoms with Gasteiger partial charge >= 0.3 is 0 Å². The Morgan fingerprint density at radius 3 is 2.08 bits per heavy atom. The molecule has 5 heteroatoms. The lowest BCUT2D eigenvalue weighted by molar-refractivity contribution is 0.481. The maximum absolute atomic E-state index is 6.81. The van der Waals surface area contributed by atoms with Gasteiger partial charge in [0.1, 0.15) is 17.3 Å². The Kier molecular flexibility index (Phi) is 8.87. The molecule has 0 radical (unpaired) electrons. The Hall–Kier alpha value is -5.16. The molecule has 0 atom stereocenters. The highest BCUT2D eigenvalue weighted by Crippen LogP contribution is 2.39. The fraction of sp³-hybridized carbons (Fsp3) is 0.304. The number of hydrogen-bond donors (Lipinski definition) is 0. The average Bonchev–Trinajstić information content (AvgIpc) is 3.62. The van der Waals surface area contributed by atoms with Crippen LogP contribution in [0.5, 0.6) is 11.5 Å². The zero-order chi connectivity index (χ0) is 36.2. The summed E-state index contributed by atoms with van der Waals surface area (Å²) >= 11 is 0. The zero-order valence-electron chi connectivity index (χ0n) is 31.7. The molecule has 0 unspecified atom stereocenters. The second-order valence-corrected chi connectivity index (χ2v) is 15.9. The summed E-state index contributed by atoms with van der Waals surface area (Å²) < 4.78 is 11.2. The van der Waals surface area contributed by atoms with Gasteiger partial charge in [-0.25, -0.2) is 9.67 Å². The number of nitrogens with zero attached hydrogens (tertiary/aromatic N) is 4. The Morgan fingerprint density at radius 2 is 1.39 bits per heavy atom. The monoisotopic (exact) mass is 674 g/mol. The number of rotatable bonds is 8. The molecular formula is C46H50N4O. The van der Waals surface area contributed by atoms with Crippen molar-refractivity contribution in [1.29, 1.82) is 0 Å².